The molecular formula is C18H23N3O2. The van der Waals surface area contributed by atoms with Crippen molar-refractivity contribution in [3.8, 4) is 5.75 Å². The van der Waals surface area contributed by atoms with E-state index in [9.17, 15) is 4.79 Å². The summed E-state index contributed by atoms with van der Waals surface area (Å²) in [6, 6.07) is 7.72. The van der Waals surface area contributed by atoms with E-state index in [-0.39, 0.29) is 11.4 Å². The second-order valence-corrected chi connectivity index (χ2v) is 6.73. The van der Waals surface area contributed by atoms with Crippen LogP contribution in [-0.4, -0.2) is 60.0 Å². The van der Waals surface area contributed by atoms with Gasteiger partial charge in [0, 0.05) is 31.2 Å². The van der Waals surface area contributed by atoms with Gasteiger partial charge in [0.25, 0.3) is 5.91 Å². The molecule has 0 bridgehead atoms. The van der Waals surface area contributed by atoms with Gasteiger partial charge in [-0.15, -0.1) is 0 Å². The lowest BCUT2D eigenvalue weighted by Crippen LogP contribution is -2.60. The molecule has 3 rings (SSSR count). The van der Waals surface area contributed by atoms with Gasteiger partial charge in [-0.1, -0.05) is 12.1 Å². The maximum absolute atomic E-state index is 13.1. The minimum Gasteiger partial charge on any atom is -0.495 e. The Morgan fingerprint density at radius 3 is 2.70 bits per heavy atom. The predicted octanol–water partition coefficient (Wildman–Crippen LogP) is 2.41. The van der Waals surface area contributed by atoms with Crippen LogP contribution in [0.25, 0.3) is 10.9 Å². The number of benzene rings is 1. The van der Waals surface area contributed by atoms with Gasteiger partial charge in [0.2, 0.25) is 0 Å². The van der Waals surface area contributed by atoms with E-state index < -0.39 is 0 Å². The highest BCUT2D eigenvalue weighted by atomic mass is 16.5. The lowest BCUT2D eigenvalue weighted by atomic mass is 9.97. The topological polar surface area (TPSA) is 45.7 Å². The van der Waals surface area contributed by atoms with Gasteiger partial charge in [-0.25, -0.2) is 0 Å². The number of carbonyl (C=O) groups excluding carboxylic acids is 1. The Kier molecular flexibility index (Phi) is 3.98. The monoisotopic (exact) mass is 313 g/mol. The molecule has 1 aliphatic heterocycles. The number of hydrogen-bond donors (Lipinski definition) is 0. The predicted molar refractivity (Wildman–Crippen MR) is 90.9 cm³/mol. The first-order valence-corrected chi connectivity index (χ1v) is 7.86. The normalized spacial score (nSPS) is 18.2. The summed E-state index contributed by atoms with van der Waals surface area (Å²) in [5.74, 6) is 0.591. The average molecular weight is 313 g/mol. The Balaban J connectivity index is 2.04. The summed E-state index contributed by atoms with van der Waals surface area (Å²) in [5.41, 5.74) is 1.14. The summed E-state index contributed by atoms with van der Waals surface area (Å²) < 4.78 is 5.56. The number of methoxy groups -OCH3 is 1. The van der Waals surface area contributed by atoms with Crippen molar-refractivity contribution in [1.29, 1.82) is 0 Å². The minimum atomic E-state index is -0.221. The Morgan fingerprint density at radius 1 is 1.26 bits per heavy atom. The summed E-state index contributed by atoms with van der Waals surface area (Å²) in [4.78, 5) is 21.7. The van der Waals surface area contributed by atoms with Gasteiger partial charge in [0.15, 0.2) is 0 Å². The van der Waals surface area contributed by atoms with E-state index in [1.807, 2.05) is 29.2 Å². The molecule has 0 saturated carbocycles. The Hall–Kier alpha value is -2.14. The van der Waals surface area contributed by atoms with Gasteiger partial charge in [-0.2, -0.15) is 0 Å². The van der Waals surface area contributed by atoms with E-state index in [0.29, 0.717) is 17.9 Å². The van der Waals surface area contributed by atoms with Crippen molar-refractivity contribution in [3.63, 3.8) is 0 Å². The fourth-order valence-corrected chi connectivity index (χ4v) is 3.41. The molecule has 1 fully saturated rings. The molecule has 5 nitrogen and oxygen atoms in total. The molecule has 1 aromatic heterocycles. The van der Waals surface area contributed by atoms with Crippen molar-refractivity contribution in [1.82, 2.24) is 14.8 Å². The second-order valence-electron chi connectivity index (χ2n) is 6.73. The first kappa shape index (κ1) is 15.7. The third kappa shape index (κ3) is 2.77. The summed E-state index contributed by atoms with van der Waals surface area (Å²) >= 11 is 0. The molecular weight excluding hydrogens is 290 g/mol. The van der Waals surface area contributed by atoms with Crippen molar-refractivity contribution >= 4 is 16.8 Å². The minimum absolute atomic E-state index is 0.0156. The molecule has 1 saturated heterocycles. The number of rotatable bonds is 2. The molecule has 1 amide bonds. The third-order valence-electron chi connectivity index (χ3n) is 4.50. The zero-order valence-electron chi connectivity index (χ0n) is 14.2. The number of para-hydroxylation sites is 1. The maximum atomic E-state index is 13.1. The number of amides is 1. The van der Waals surface area contributed by atoms with Crippen LogP contribution in [0.1, 0.15) is 24.2 Å². The molecule has 2 aromatic rings. The molecule has 1 aromatic carbocycles. The number of fused-ring (bicyclic) bond motifs is 1. The highest BCUT2D eigenvalue weighted by molar-refractivity contribution is 6.02. The van der Waals surface area contributed by atoms with Crippen LogP contribution in [0.2, 0.25) is 0 Å². The zero-order valence-corrected chi connectivity index (χ0v) is 14.2. The molecule has 0 N–H and O–H groups in total. The van der Waals surface area contributed by atoms with E-state index >= 15 is 0 Å². The van der Waals surface area contributed by atoms with E-state index in [1.54, 1.807) is 13.3 Å². The summed E-state index contributed by atoms with van der Waals surface area (Å²) in [5, 5.41) is 0.868. The quantitative estimate of drug-likeness (QED) is 0.854. The van der Waals surface area contributed by atoms with Crippen LogP contribution in [0.4, 0.5) is 0 Å². The summed E-state index contributed by atoms with van der Waals surface area (Å²) in [7, 11) is 3.69. The lowest BCUT2D eigenvalue weighted by Gasteiger charge is -2.46. The third-order valence-corrected chi connectivity index (χ3v) is 4.50. The van der Waals surface area contributed by atoms with Crippen molar-refractivity contribution in [2.24, 2.45) is 0 Å². The van der Waals surface area contributed by atoms with Crippen LogP contribution < -0.4 is 4.74 Å². The zero-order chi connectivity index (χ0) is 16.6. The molecule has 0 radical (unpaired) electrons. The van der Waals surface area contributed by atoms with E-state index in [4.69, 9.17) is 4.74 Å². The summed E-state index contributed by atoms with van der Waals surface area (Å²) in [6.07, 6.45) is 1.64. The smallest absolute Gasteiger partial charge is 0.259 e. The van der Waals surface area contributed by atoms with Crippen LogP contribution in [0.3, 0.4) is 0 Å². The molecule has 0 spiro atoms. The number of pyridine rings is 1. The number of likely N-dealkylation sites (N-methyl/N-ethyl adjacent to an activating group) is 1. The maximum Gasteiger partial charge on any atom is 0.259 e. The number of hydrogen-bond acceptors (Lipinski definition) is 4. The Bertz CT molecular complexity index is 742. The van der Waals surface area contributed by atoms with E-state index in [2.05, 4.69) is 30.8 Å². The van der Waals surface area contributed by atoms with Gasteiger partial charge < -0.3 is 14.5 Å². The van der Waals surface area contributed by atoms with Gasteiger partial charge in [0.05, 0.1) is 18.2 Å². The standard InChI is InChI=1S/C18H23N3O2/c1-18(2)12-20(3)9-10-21(18)17(22)14-11-19-15-8-6-5-7-13(15)16(14)23-4/h5-8,11H,9-10,12H2,1-4H3. The van der Waals surface area contributed by atoms with Gasteiger partial charge in [-0.3, -0.25) is 9.78 Å². The Morgan fingerprint density at radius 2 is 2.00 bits per heavy atom. The fraction of sp³-hybridized carbons (Fsp3) is 0.444. The van der Waals surface area contributed by atoms with Gasteiger partial charge in [0.1, 0.15) is 11.3 Å². The SMILES string of the molecule is COc1c(C(=O)N2CCN(C)CC2(C)C)cnc2ccccc12. The van der Waals surface area contributed by atoms with Crippen LogP contribution in [0, 0.1) is 0 Å². The molecule has 23 heavy (non-hydrogen) atoms. The number of nitrogens with zero attached hydrogens (tertiary/aromatic N) is 3. The molecule has 1 aliphatic rings. The van der Waals surface area contributed by atoms with Crippen molar-refractivity contribution in [3.05, 3.63) is 36.0 Å². The molecule has 0 atom stereocenters. The second kappa shape index (κ2) is 5.81. The highest BCUT2D eigenvalue weighted by Crippen LogP contribution is 2.31. The van der Waals surface area contributed by atoms with Crippen LogP contribution in [0.5, 0.6) is 5.75 Å². The molecule has 0 aliphatic carbocycles. The van der Waals surface area contributed by atoms with E-state index in [0.717, 1.165) is 24.0 Å². The van der Waals surface area contributed by atoms with E-state index in [1.165, 1.54) is 0 Å². The number of carbonyl (C=O) groups is 1. The molecule has 0 unspecified atom stereocenters. The van der Waals surface area contributed by atoms with Crippen molar-refractivity contribution in [2.75, 3.05) is 33.8 Å². The number of piperazine rings is 1. The number of aromatic nitrogens is 1. The highest BCUT2D eigenvalue weighted by Gasteiger charge is 2.37. The largest absolute Gasteiger partial charge is 0.495 e. The van der Waals surface area contributed by atoms with Crippen molar-refractivity contribution < 1.29 is 9.53 Å². The summed E-state index contributed by atoms with van der Waals surface area (Å²) in [6.45, 7) is 6.63. The van der Waals surface area contributed by atoms with Crippen LogP contribution >= 0.6 is 0 Å². The van der Waals surface area contributed by atoms with Crippen LogP contribution in [-0.2, 0) is 0 Å². The average Bonchev–Trinajstić information content (AvgIpc) is 2.52. The van der Waals surface area contributed by atoms with Gasteiger partial charge in [-0.05, 0) is 33.0 Å². The number of ether oxygens (including phenoxy) is 1. The molecule has 2 heterocycles. The first-order valence-electron chi connectivity index (χ1n) is 7.86. The Labute approximate surface area is 136 Å². The fourth-order valence-electron chi connectivity index (χ4n) is 3.41. The van der Waals surface area contributed by atoms with Gasteiger partial charge >= 0.3 is 0 Å². The molecule has 122 valence electrons. The van der Waals surface area contributed by atoms with Crippen LogP contribution in [0.15, 0.2) is 30.5 Å². The van der Waals surface area contributed by atoms with Crippen molar-refractivity contribution in [2.45, 2.75) is 19.4 Å². The lowest BCUT2D eigenvalue weighted by molar-refractivity contribution is 0.0246. The molecule has 5 heteroatoms. The first-order chi connectivity index (χ1) is 10.9.